The molecule has 3 fully saturated rings. The van der Waals surface area contributed by atoms with Crippen LogP contribution in [0.5, 0.6) is 0 Å². The van der Waals surface area contributed by atoms with Gasteiger partial charge in [0.05, 0.1) is 18.1 Å². The molecule has 0 aromatic carbocycles. The van der Waals surface area contributed by atoms with Gasteiger partial charge < -0.3 is 15.0 Å². The molecule has 3 heterocycles. The Morgan fingerprint density at radius 3 is 2.56 bits per heavy atom. The quantitative estimate of drug-likeness (QED) is 0.700. The van der Waals surface area contributed by atoms with Crippen LogP contribution < -0.4 is 5.32 Å². The van der Waals surface area contributed by atoms with Crippen LogP contribution in [0, 0.1) is 5.92 Å². The maximum absolute atomic E-state index is 12.3. The molecule has 3 rings (SSSR count). The molecular formula is C12H20N2O2. The van der Waals surface area contributed by atoms with E-state index >= 15 is 0 Å². The maximum Gasteiger partial charge on any atom is 0.227 e. The van der Waals surface area contributed by atoms with Crippen molar-refractivity contribution in [2.24, 2.45) is 5.92 Å². The number of nitrogens with one attached hydrogen (secondary N) is 1. The van der Waals surface area contributed by atoms with Gasteiger partial charge in [-0.05, 0) is 32.2 Å². The van der Waals surface area contributed by atoms with Crippen LogP contribution in [0.15, 0.2) is 0 Å². The molecule has 0 saturated carbocycles. The molecule has 0 aliphatic carbocycles. The fraction of sp³-hybridized carbons (Fsp3) is 0.917. The Hall–Kier alpha value is -0.610. The van der Waals surface area contributed by atoms with E-state index in [0.717, 1.165) is 51.9 Å². The fourth-order valence-electron chi connectivity index (χ4n) is 3.12. The first-order valence-electron chi connectivity index (χ1n) is 6.48. The summed E-state index contributed by atoms with van der Waals surface area (Å²) in [6.07, 6.45) is 5.10. The Morgan fingerprint density at radius 2 is 1.94 bits per heavy atom. The minimum atomic E-state index is 0.214. The van der Waals surface area contributed by atoms with E-state index in [-0.39, 0.29) is 5.92 Å². The monoisotopic (exact) mass is 224 g/mol. The van der Waals surface area contributed by atoms with E-state index in [9.17, 15) is 4.79 Å². The number of hydrogen-bond acceptors (Lipinski definition) is 3. The average Bonchev–Trinajstić information content (AvgIpc) is 2.68. The zero-order valence-corrected chi connectivity index (χ0v) is 9.65. The molecule has 4 nitrogen and oxygen atoms in total. The van der Waals surface area contributed by atoms with E-state index in [1.54, 1.807) is 0 Å². The number of likely N-dealkylation sites (tertiary alicyclic amines) is 1. The summed E-state index contributed by atoms with van der Waals surface area (Å²) in [5, 5.41) is 3.31. The number of fused-ring (bicyclic) bond motifs is 2. The largest absolute Gasteiger partial charge is 0.371 e. The van der Waals surface area contributed by atoms with Crippen LogP contribution in [0.4, 0.5) is 0 Å². The number of hydrogen-bond donors (Lipinski definition) is 1. The van der Waals surface area contributed by atoms with Crippen molar-refractivity contribution < 1.29 is 9.53 Å². The first kappa shape index (κ1) is 10.5. The second-order valence-corrected chi connectivity index (χ2v) is 5.24. The second-order valence-electron chi connectivity index (χ2n) is 5.24. The van der Waals surface area contributed by atoms with Crippen molar-refractivity contribution in [2.45, 2.75) is 37.9 Å². The summed E-state index contributed by atoms with van der Waals surface area (Å²) < 4.78 is 5.76. The summed E-state index contributed by atoms with van der Waals surface area (Å²) in [6, 6.07) is 0. The van der Waals surface area contributed by atoms with E-state index in [2.05, 4.69) is 5.32 Å². The summed E-state index contributed by atoms with van der Waals surface area (Å²) in [7, 11) is 0. The Morgan fingerprint density at radius 1 is 1.19 bits per heavy atom. The van der Waals surface area contributed by atoms with Crippen molar-refractivity contribution in [3.05, 3.63) is 0 Å². The van der Waals surface area contributed by atoms with Gasteiger partial charge in [-0.25, -0.2) is 0 Å². The van der Waals surface area contributed by atoms with Gasteiger partial charge in [-0.3, -0.25) is 4.79 Å². The normalized spacial score (nSPS) is 38.8. The second kappa shape index (κ2) is 4.34. The number of morpholine rings is 1. The topological polar surface area (TPSA) is 41.6 Å². The highest BCUT2D eigenvalue weighted by Crippen LogP contribution is 2.27. The molecule has 3 aliphatic heterocycles. The van der Waals surface area contributed by atoms with Crippen LogP contribution in [-0.2, 0) is 9.53 Å². The fourth-order valence-corrected chi connectivity index (χ4v) is 3.12. The lowest BCUT2D eigenvalue weighted by molar-refractivity contribution is -0.144. The van der Waals surface area contributed by atoms with Crippen LogP contribution in [0.25, 0.3) is 0 Å². The van der Waals surface area contributed by atoms with Gasteiger partial charge in [0.2, 0.25) is 5.91 Å². The summed E-state index contributed by atoms with van der Waals surface area (Å²) >= 11 is 0. The van der Waals surface area contributed by atoms with Crippen LogP contribution in [0.1, 0.15) is 25.7 Å². The number of carbonyl (C=O) groups is 1. The predicted octanol–water partition coefficient (Wildman–Crippen LogP) is 0.376. The predicted molar refractivity (Wildman–Crippen MR) is 60.1 cm³/mol. The third-order valence-corrected chi connectivity index (χ3v) is 4.00. The Kier molecular flexibility index (Phi) is 2.86. The molecule has 1 N–H and O–H groups in total. The number of carbonyl (C=O) groups excluding carboxylic acids is 1. The van der Waals surface area contributed by atoms with Crippen molar-refractivity contribution >= 4 is 5.91 Å². The van der Waals surface area contributed by atoms with Gasteiger partial charge in [-0.2, -0.15) is 0 Å². The van der Waals surface area contributed by atoms with E-state index in [1.165, 1.54) is 0 Å². The van der Waals surface area contributed by atoms with Crippen molar-refractivity contribution in [3.63, 3.8) is 0 Å². The highest BCUT2D eigenvalue weighted by Gasteiger charge is 2.37. The first-order chi connectivity index (χ1) is 7.83. The van der Waals surface area contributed by atoms with E-state index in [0.29, 0.717) is 18.1 Å². The van der Waals surface area contributed by atoms with Crippen LogP contribution in [0.2, 0.25) is 0 Å². The molecule has 0 aromatic heterocycles. The third kappa shape index (κ3) is 1.96. The number of piperidine rings is 1. The van der Waals surface area contributed by atoms with Gasteiger partial charge in [0, 0.05) is 19.6 Å². The molecule has 90 valence electrons. The number of ether oxygens (including phenoxy) is 1. The van der Waals surface area contributed by atoms with Gasteiger partial charge in [-0.15, -0.1) is 0 Å². The van der Waals surface area contributed by atoms with Gasteiger partial charge in [0.15, 0.2) is 0 Å². The Bertz CT molecular complexity index is 264. The molecule has 0 spiro atoms. The zero-order valence-electron chi connectivity index (χ0n) is 9.65. The minimum Gasteiger partial charge on any atom is -0.371 e. The highest BCUT2D eigenvalue weighted by atomic mass is 16.5. The molecule has 2 bridgehead atoms. The SMILES string of the molecule is O=C([C@H]1CCCNC1)N1CC2CCC(C1)O2. The third-order valence-electron chi connectivity index (χ3n) is 4.00. The maximum atomic E-state index is 12.3. The molecule has 4 heteroatoms. The summed E-state index contributed by atoms with van der Waals surface area (Å²) in [5.41, 5.74) is 0. The van der Waals surface area contributed by atoms with Gasteiger partial charge >= 0.3 is 0 Å². The van der Waals surface area contributed by atoms with Gasteiger partial charge in [-0.1, -0.05) is 0 Å². The van der Waals surface area contributed by atoms with Gasteiger partial charge in [0.25, 0.3) is 0 Å². The minimum absolute atomic E-state index is 0.214. The molecule has 0 radical (unpaired) electrons. The summed E-state index contributed by atoms with van der Waals surface area (Å²) in [4.78, 5) is 14.3. The molecule has 0 aromatic rings. The number of rotatable bonds is 1. The molecule has 1 amide bonds. The average molecular weight is 224 g/mol. The van der Waals surface area contributed by atoms with Crippen LogP contribution in [-0.4, -0.2) is 49.2 Å². The Balaban J connectivity index is 1.61. The molecule has 3 saturated heterocycles. The zero-order chi connectivity index (χ0) is 11.0. The molecule has 3 aliphatic rings. The van der Waals surface area contributed by atoms with E-state index in [1.807, 2.05) is 4.90 Å². The number of amides is 1. The van der Waals surface area contributed by atoms with Crippen molar-refractivity contribution in [1.82, 2.24) is 10.2 Å². The standard InChI is InChI=1S/C12H20N2O2/c15-12(9-2-1-5-13-6-9)14-7-10-3-4-11(8-14)16-10/h9-11,13H,1-8H2/t9-,10?,11?/m0/s1. The van der Waals surface area contributed by atoms with E-state index < -0.39 is 0 Å². The van der Waals surface area contributed by atoms with Crippen LogP contribution in [0.3, 0.4) is 0 Å². The lowest BCUT2D eigenvalue weighted by Crippen LogP contribution is -2.50. The Labute approximate surface area is 96.3 Å². The molecule has 3 atom stereocenters. The highest BCUT2D eigenvalue weighted by molar-refractivity contribution is 5.79. The first-order valence-corrected chi connectivity index (χ1v) is 6.48. The lowest BCUT2D eigenvalue weighted by atomic mass is 9.98. The smallest absolute Gasteiger partial charge is 0.227 e. The van der Waals surface area contributed by atoms with Crippen molar-refractivity contribution in [2.75, 3.05) is 26.2 Å². The van der Waals surface area contributed by atoms with E-state index in [4.69, 9.17) is 4.74 Å². The molecule has 2 unspecified atom stereocenters. The van der Waals surface area contributed by atoms with Gasteiger partial charge in [0.1, 0.15) is 0 Å². The lowest BCUT2D eigenvalue weighted by Gasteiger charge is -2.35. The summed E-state index contributed by atoms with van der Waals surface area (Å²) in [5.74, 6) is 0.568. The van der Waals surface area contributed by atoms with Crippen LogP contribution >= 0.6 is 0 Å². The van der Waals surface area contributed by atoms with Crippen molar-refractivity contribution in [3.8, 4) is 0 Å². The molecule has 16 heavy (non-hydrogen) atoms. The van der Waals surface area contributed by atoms with Crippen molar-refractivity contribution in [1.29, 1.82) is 0 Å². The molecular weight excluding hydrogens is 204 g/mol. The summed E-state index contributed by atoms with van der Waals surface area (Å²) in [6.45, 7) is 3.58. The number of nitrogens with zero attached hydrogens (tertiary/aromatic N) is 1.